The van der Waals surface area contributed by atoms with E-state index in [-0.39, 0.29) is 5.91 Å². The molecule has 6 heteroatoms. The molecule has 2 heterocycles. The molecule has 0 atom stereocenters. The number of H-pyrrole nitrogens is 1. The lowest BCUT2D eigenvalue weighted by Crippen LogP contribution is -2.23. The van der Waals surface area contributed by atoms with E-state index in [0.29, 0.717) is 12.1 Å². The quantitative estimate of drug-likeness (QED) is 0.757. The number of aryl methyl sites for hydroxylation is 1. The molecule has 1 aromatic carbocycles. The molecule has 0 saturated heterocycles. The number of carbonyl (C=O) groups excluding carboxylic acids is 1. The number of hydrogen-bond acceptors (Lipinski definition) is 3. The van der Waals surface area contributed by atoms with Gasteiger partial charge in [0.2, 0.25) is 0 Å². The first-order chi connectivity index (χ1) is 9.65. The van der Waals surface area contributed by atoms with Crippen LogP contribution >= 0.6 is 0 Å². The lowest BCUT2D eigenvalue weighted by molar-refractivity contribution is 0.0951. The fourth-order valence-corrected chi connectivity index (χ4v) is 2.07. The summed E-state index contributed by atoms with van der Waals surface area (Å²) in [6.45, 7) is 2.45. The van der Waals surface area contributed by atoms with Gasteiger partial charge in [-0.2, -0.15) is 10.2 Å². The molecule has 6 nitrogen and oxygen atoms in total. The van der Waals surface area contributed by atoms with Gasteiger partial charge in [-0.25, -0.2) is 0 Å². The number of hydrogen-bond donors (Lipinski definition) is 2. The van der Waals surface area contributed by atoms with Crippen molar-refractivity contribution in [2.24, 2.45) is 7.05 Å². The molecule has 0 spiro atoms. The van der Waals surface area contributed by atoms with Gasteiger partial charge in [0.1, 0.15) is 0 Å². The SMILES string of the molecule is Cc1c(CNC(=O)c2ccc3cn[nH]c3c2)cnn1C. The minimum absolute atomic E-state index is 0.107. The molecule has 0 saturated carbocycles. The Balaban J connectivity index is 1.74. The largest absolute Gasteiger partial charge is 0.348 e. The molecule has 0 unspecified atom stereocenters. The lowest BCUT2D eigenvalue weighted by atomic mass is 10.1. The van der Waals surface area contributed by atoms with Crippen molar-refractivity contribution in [2.45, 2.75) is 13.5 Å². The maximum absolute atomic E-state index is 12.1. The summed E-state index contributed by atoms with van der Waals surface area (Å²) < 4.78 is 1.79. The normalized spacial score (nSPS) is 10.9. The molecule has 0 bridgehead atoms. The van der Waals surface area contributed by atoms with Crippen molar-refractivity contribution < 1.29 is 4.79 Å². The molecular formula is C14H15N5O. The van der Waals surface area contributed by atoms with E-state index in [0.717, 1.165) is 22.2 Å². The molecule has 0 radical (unpaired) electrons. The molecule has 3 aromatic rings. The van der Waals surface area contributed by atoms with Crippen LogP contribution in [0.1, 0.15) is 21.6 Å². The third-order valence-electron chi connectivity index (χ3n) is 3.48. The van der Waals surface area contributed by atoms with E-state index < -0.39 is 0 Å². The summed E-state index contributed by atoms with van der Waals surface area (Å²) in [5.74, 6) is -0.107. The lowest BCUT2D eigenvalue weighted by Gasteiger charge is -2.05. The molecule has 2 aromatic heterocycles. The van der Waals surface area contributed by atoms with Crippen molar-refractivity contribution in [1.82, 2.24) is 25.3 Å². The minimum atomic E-state index is -0.107. The molecule has 2 N–H and O–H groups in total. The van der Waals surface area contributed by atoms with Crippen LogP contribution in [0.4, 0.5) is 0 Å². The van der Waals surface area contributed by atoms with Gasteiger partial charge in [-0.15, -0.1) is 0 Å². The zero-order chi connectivity index (χ0) is 14.1. The second kappa shape index (κ2) is 4.80. The van der Waals surface area contributed by atoms with Crippen molar-refractivity contribution in [3.05, 3.63) is 47.4 Å². The first-order valence-electron chi connectivity index (χ1n) is 6.34. The van der Waals surface area contributed by atoms with Gasteiger partial charge in [0.15, 0.2) is 0 Å². The predicted molar refractivity (Wildman–Crippen MR) is 75.2 cm³/mol. The Kier molecular flexibility index (Phi) is 2.98. The maximum atomic E-state index is 12.1. The number of rotatable bonds is 3. The van der Waals surface area contributed by atoms with E-state index in [1.807, 2.05) is 20.0 Å². The van der Waals surface area contributed by atoms with E-state index in [1.165, 1.54) is 0 Å². The highest BCUT2D eigenvalue weighted by Gasteiger charge is 2.09. The van der Waals surface area contributed by atoms with Crippen LogP contribution in [-0.4, -0.2) is 25.9 Å². The highest BCUT2D eigenvalue weighted by atomic mass is 16.1. The average molecular weight is 269 g/mol. The smallest absolute Gasteiger partial charge is 0.251 e. The van der Waals surface area contributed by atoms with Crippen LogP contribution in [0, 0.1) is 6.92 Å². The predicted octanol–water partition coefficient (Wildman–Crippen LogP) is 1.53. The second-order valence-corrected chi connectivity index (χ2v) is 4.73. The molecule has 0 aliphatic rings. The number of amides is 1. The van der Waals surface area contributed by atoms with E-state index in [9.17, 15) is 4.79 Å². The summed E-state index contributed by atoms with van der Waals surface area (Å²) in [5, 5.41) is 14.8. The fourth-order valence-electron chi connectivity index (χ4n) is 2.07. The van der Waals surface area contributed by atoms with Crippen LogP contribution in [0.3, 0.4) is 0 Å². The number of benzene rings is 1. The highest BCUT2D eigenvalue weighted by Crippen LogP contribution is 2.13. The standard InChI is InChI=1S/C14H15N5O/c1-9-12(8-17-19(9)2)6-15-14(20)10-3-4-11-7-16-18-13(11)5-10/h3-5,7-8H,6H2,1-2H3,(H,15,20)(H,16,18). The monoisotopic (exact) mass is 269 g/mol. The number of carbonyl (C=O) groups is 1. The number of fused-ring (bicyclic) bond motifs is 1. The van der Waals surface area contributed by atoms with Crippen LogP contribution in [0.25, 0.3) is 10.9 Å². The average Bonchev–Trinajstić information content (AvgIpc) is 3.04. The van der Waals surface area contributed by atoms with Crippen molar-refractivity contribution in [2.75, 3.05) is 0 Å². The summed E-state index contributed by atoms with van der Waals surface area (Å²) in [6.07, 6.45) is 3.50. The number of aromatic nitrogens is 4. The van der Waals surface area contributed by atoms with Gasteiger partial charge in [0, 0.05) is 35.8 Å². The van der Waals surface area contributed by atoms with E-state index >= 15 is 0 Å². The Morgan fingerprint density at radius 1 is 1.40 bits per heavy atom. The highest BCUT2D eigenvalue weighted by molar-refractivity contribution is 5.97. The zero-order valence-electron chi connectivity index (χ0n) is 11.3. The van der Waals surface area contributed by atoms with Crippen LogP contribution < -0.4 is 5.32 Å². The molecule has 0 aliphatic carbocycles. The van der Waals surface area contributed by atoms with E-state index in [4.69, 9.17) is 0 Å². The van der Waals surface area contributed by atoms with Crippen LogP contribution in [0.15, 0.2) is 30.6 Å². The second-order valence-electron chi connectivity index (χ2n) is 4.73. The molecule has 0 fully saturated rings. The van der Waals surface area contributed by atoms with Crippen molar-refractivity contribution in [1.29, 1.82) is 0 Å². The van der Waals surface area contributed by atoms with Crippen LogP contribution in [0.2, 0.25) is 0 Å². The summed E-state index contributed by atoms with van der Waals surface area (Å²) in [7, 11) is 1.88. The summed E-state index contributed by atoms with van der Waals surface area (Å²) in [4.78, 5) is 12.1. The number of nitrogens with one attached hydrogen (secondary N) is 2. The van der Waals surface area contributed by atoms with Crippen molar-refractivity contribution >= 4 is 16.8 Å². The van der Waals surface area contributed by atoms with Gasteiger partial charge in [-0.3, -0.25) is 14.6 Å². The molecule has 102 valence electrons. The molecular weight excluding hydrogens is 254 g/mol. The van der Waals surface area contributed by atoms with E-state index in [1.54, 1.807) is 29.2 Å². The first kappa shape index (κ1) is 12.4. The molecule has 1 amide bonds. The summed E-state index contributed by atoms with van der Waals surface area (Å²) >= 11 is 0. The van der Waals surface area contributed by atoms with Crippen molar-refractivity contribution in [3.8, 4) is 0 Å². The summed E-state index contributed by atoms with van der Waals surface area (Å²) in [6, 6.07) is 5.47. The summed E-state index contributed by atoms with van der Waals surface area (Å²) in [5.41, 5.74) is 3.54. The zero-order valence-corrected chi connectivity index (χ0v) is 11.3. The van der Waals surface area contributed by atoms with Gasteiger partial charge >= 0.3 is 0 Å². The Morgan fingerprint density at radius 3 is 3.00 bits per heavy atom. The minimum Gasteiger partial charge on any atom is -0.348 e. The van der Waals surface area contributed by atoms with Gasteiger partial charge < -0.3 is 5.32 Å². The van der Waals surface area contributed by atoms with Gasteiger partial charge in [0.25, 0.3) is 5.91 Å². The first-order valence-corrected chi connectivity index (χ1v) is 6.34. The molecule has 3 rings (SSSR count). The molecule has 0 aliphatic heterocycles. The van der Waals surface area contributed by atoms with Gasteiger partial charge in [0.05, 0.1) is 17.9 Å². The third kappa shape index (κ3) is 2.16. The fraction of sp³-hybridized carbons (Fsp3) is 0.214. The maximum Gasteiger partial charge on any atom is 0.251 e. The Hall–Kier alpha value is -2.63. The molecule has 20 heavy (non-hydrogen) atoms. The van der Waals surface area contributed by atoms with E-state index in [2.05, 4.69) is 20.6 Å². The van der Waals surface area contributed by atoms with Gasteiger partial charge in [-0.1, -0.05) is 6.07 Å². The number of nitrogens with zero attached hydrogens (tertiary/aromatic N) is 3. The van der Waals surface area contributed by atoms with Crippen LogP contribution in [-0.2, 0) is 13.6 Å². The van der Waals surface area contributed by atoms with Gasteiger partial charge in [-0.05, 0) is 19.1 Å². The Labute approximate surface area is 115 Å². The Morgan fingerprint density at radius 2 is 2.25 bits per heavy atom. The Bertz CT molecular complexity index is 771. The van der Waals surface area contributed by atoms with Crippen LogP contribution in [0.5, 0.6) is 0 Å². The number of aromatic amines is 1. The topological polar surface area (TPSA) is 75.6 Å². The van der Waals surface area contributed by atoms with Crippen molar-refractivity contribution in [3.63, 3.8) is 0 Å². The third-order valence-corrected chi connectivity index (χ3v) is 3.48.